The molecule has 32 heavy (non-hydrogen) atoms. The van der Waals surface area contributed by atoms with Crippen molar-refractivity contribution in [1.82, 2.24) is 5.32 Å². The molecule has 0 atom stereocenters. The fraction of sp³-hybridized carbons (Fsp3) is 1.00. The monoisotopic (exact) mass is 473 g/mol. The van der Waals surface area contributed by atoms with E-state index in [4.69, 9.17) is 13.3 Å². The van der Waals surface area contributed by atoms with E-state index < -0.39 is 8.80 Å². The first kappa shape index (κ1) is 32.1. The second-order valence-corrected chi connectivity index (χ2v) is 13.1. The Hall–Kier alpha value is 0.0569. The van der Waals surface area contributed by atoms with Crippen molar-refractivity contribution in [3.05, 3.63) is 0 Å². The van der Waals surface area contributed by atoms with Gasteiger partial charge >= 0.3 is 8.80 Å². The molecule has 194 valence electrons. The Morgan fingerprint density at radius 1 is 0.531 bits per heavy atom. The minimum Gasteiger partial charge on any atom is -0.377 e. The van der Waals surface area contributed by atoms with Crippen molar-refractivity contribution in [3.63, 3.8) is 0 Å². The molecule has 0 aliphatic rings. The summed E-state index contributed by atoms with van der Waals surface area (Å²) in [5, 5.41) is 3.40. The molecule has 0 aromatic heterocycles. The molecule has 5 heteroatoms. The Balaban J connectivity index is 4.90. The SMILES string of the molecule is CCCCCCCCCCC(CCCCCCCCCC)(CCNC)[Si](OC)(OC)OC. The smallest absolute Gasteiger partial charge is 0.377 e. The Morgan fingerprint density at radius 3 is 1.19 bits per heavy atom. The lowest BCUT2D eigenvalue weighted by Gasteiger charge is -2.44. The highest BCUT2D eigenvalue weighted by Crippen LogP contribution is 2.51. The van der Waals surface area contributed by atoms with Gasteiger partial charge in [-0.15, -0.1) is 0 Å². The lowest BCUT2D eigenvalue weighted by molar-refractivity contribution is 0.0777. The number of rotatable bonds is 25. The van der Waals surface area contributed by atoms with Gasteiger partial charge in [0.05, 0.1) is 0 Å². The predicted octanol–water partition coefficient (Wildman–Crippen LogP) is 8.28. The molecule has 0 saturated carbocycles. The summed E-state index contributed by atoms with van der Waals surface area (Å²) in [6.45, 7) is 5.56. The van der Waals surface area contributed by atoms with Crippen molar-refractivity contribution in [2.75, 3.05) is 34.9 Å². The maximum atomic E-state index is 6.11. The molecule has 0 aromatic carbocycles. The fourth-order valence-corrected chi connectivity index (χ4v) is 8.49. The van der Waals surface area contributed by atoms with Gasteiger partial charge in [-0.1, -0.05) is 117 Å². The molecule has 0 rings (SSSR count). The zero-order valence-corrected chi connectivity index (χ0v) is 23.9. The third-order valence-corrected chi connectivity index (χ3v) is 11.0. The topological polar surface area (TPSA) is 39.7 Å². The molecular weight excluding hydrogens is 414 g/mol. The second-order valence-electron chi connectivity index (χ2n) is 9.75. The number of hydrogen-bond acceptors (Lipinski definition) is 4. The van der Waals surface area contributed by atoms with Gasteiger partial charge < -0.3 is 18.6 Å². The summed E-state index contributed by atoms with van der Waals surface area (Å²) in [7, 11) is 4.70. The van der Waals surface area contributed by atoms with Crippen molar-refractivity contribution >= 4 is 8.80 Å². The standard InChI is InChI=1S/C27H59NO3Si/c1-7-9-11-13-15-17-19-21-23-27(25-26-28-3,32(29-4,30-5)31-6)24-22-20-18-16-14-12-10-8-2/h28H,7-26H2,1-6H3. The molecule has 0 saturated heterocycles. The van der Waals surface area contributed by atoms with Crippen LogP contribution in [0.4, 0.5) is 0 Å². The second kappa shape index (κ2) is 21.6. The van der Waals surface area contributed by atoms with E-state index in [9.17, 15) is 0 Å². The quantitative estimate of drug-likeness (QED) is 0.107. The number of hydrogen-bond donors (Lipinski definition) is 1. The lowest BCUT2D eigenvalue weighted by atomic mass is 9.90. The highest BCUT2D eigenvalue weighted by molar-refractivity contribution is 6.64. The molecule has 0 fully saturated rings. The molecule has 0 radical (unpaired) electrons. The molecule has 0 heterocycles. The fourth-order valence-electron chi connectivity index (χ4n) is 5.29. The minimum absolute atomic E-state index is 0.0126. The maximum Gasteiger partial charge on any atom is 0.506 e. The van der Waals surface area contributed by atoms with Crippen LogP contribution in [0.2, 0.25) is 5.04 Å². The Labute approximate surface area is 203 Å². The first-order chi connectivity index (χ1) is 15.6. The molecule has 4 nitrogen and oxygen atoms in total. The molecular formula is C27H59NO3Si. The van der Waals surface area contributed by atoms with Crippen LogP contribution in [-0.2, 0) is 13.3 Å². The van der Waals surface area contributed by atoms with Crippen LogP contribution in [0.3, 0.4) is 0 Å². The van der Waals surface area contributed by atoms with Crippen LogP contribution >= 0.6 is 0 Å². The van der Waals surface area contributed by atoms with Gasteiger partial charge in [0.15, 0.2) is 0 Å². The van der Waals surface area contributed by atoms with Crippen LogP contribution in [-0.4, -0.2) is 43.7 Å². The maximum absolute atomic E-state index is 6.11. The van der Waals surface area contributed by atoms with Crippen LogP contribution in [0.5, 0.6) is 0 Å². The summed E-state index contributed by atoms with van der Waals surface area (Å²) >= 11 is 0. The average molecular weight is 474 g/mol. The molecule has 0 spiro atoms. The van der Waals surface area contributed by atoms with E-state index in [1.807, 2.05) is 7.05 Å². The average Bonchev–Trinajstić information content (AvgIpc) is 2.82. The van der Waals surface area contributed by atoms with Gasteiger partial charge in [0.25, 0.3) is 0 Å². The van der Waals surface area contributed by atoms with Crippen LogP contribution in [0.1, 0.15) is 136 Å². The number of nitrogens with one attached hydrogen (secondary N) is 1. The van der Waals surface area contributed by atoms with Crippen LogP contribution in [0.25, 0.3) is 0 Å². The lowest BCUT2D eigenvalue weighted by Crippen LogP contribution is -2.55. The van der Waals surface area contributed by atoms with Crippen molar-refractivity contribution < 1.29 is 13.3 Å². The van der Waals surface area contributed by atoms with E-state index in [1.165, 1.54) is 103 Å². The molecule has 0 unspecified atom stereocenters. The van der Waals surface area contributed by atoms with Gasteiger partial charge in [-0.2, -0.15) is 0 Å². The largest absolute Gasteiger partial charge is 0.506 e. The number of unbranched alkanes of at least 4 members (excludes halogenated alkanes) is 14. The Bertz CT molecular complexity index is 363. The summed E-state index contributed by atoms with van der Waals surface area (Å²) < 4.78 is 18.3. The molecule has 0 bridgehead atoms. The van der Waals surface area contributed by atoms with Gasteiger partial charge in [-0.05, 0) is 32.9 Å². The summed E-state index contributed by atoms with van der Waals surface area (Å²) in [6, 6.07) is 0. The van der Waals surface area contributed by atoms with Gasteiger partial charge in [-0.25, -0.2) is 0 Å². The van der Waals surface area contributed by atoms with E-state index in [0.29, 0.717) is 0 Å². The zero-order chi connectivity index (χ0) is 24.0. The Morgan fingerprint density at radius 2 is 0.875 bits per heavy atom. The molecule has 0 amide bonds. The highest BCUT2D eigenvalue weighted by Gasteiger charge is 2.58. The third kappa shape index (κ3) is 12.5. The van der Waals surface area contributed by atoms with Gasteiger partial charge in [0.1, 0.15) is 0 Å². The summed E-state index contributed by atoms with van der Waals surface area (Å²) in [5.41, 5.74) is 0. The van der Waals surface area contributed by atoms with Gasteiger partial charge in [0, 0.05) is 26.4 Å². The zero-order valence-electron chi connectivity index (χ0n) is 22.9. The van der Waals surface area contributed by atoms with E-state index in [1.54, 1.807) is 21.3 Å². The first-order valence-electron chi connectivity index (χ1n) is 13.9. The normalized spacial score (nSPS) is 12.6. The van der Waals surface area contributed by atoms with E-state index >= 15 is 0 Å². The van der Waals surface area contributed by atoms with E-state index in [2.05, 4.69) is 19.2 Å². The summed E-state index contributed by atoms with van der Waals surface area (Å²) in [6.07, 6.45) is 25.0. The van der Waals surface area contributed by atoms with Crippen LogP contribution in [0, 0.1) is 0 Å². The van der Waals surface area contributed by atoms with Crippen LogP contribution in [0.15, 0.2) is 0 Å². The summed E-state index contributed by atoms with van der Waals surface area (Å²) in [4.78, 5) is 0. The molecule has 0 aliphatic heterocycles. The van der Waals surface area contributed by atoms with E-state index in [-0.39, 0.29) is 5.04 Å². The molecule has 0 aromatic rings. The first-order valence-corrected chi connectivity index (χ1v) is 15.6. The van der Waals surface area contributed by atoms with Gasteiger partial charge in [0.2, 0.25) is 0 Å². The Kier molecular flexibility index (Phi) is 21.6. The van der Waals surface area contributed by atoms with Crippen LogP contribution < -0.4 is 5.32 Å². The molecule has 0 aliphatic carbocycles. The summed E-state index contributed by atoms with van der Waals surface area (Å²) in [5.74, 6) is 0. The minimum atomic E-state index is -2.75. The van der Waals surface area contributed by atoms with Crippen molar-refractivity contribution in [3.8, 4) is 0 Å². The van der Waals surface area contributed by atoms with Crippen molar-refractivity contribution in [1.29, 1.82) is 0 Å². The van der Waals surface area contributed by atoms with E-state index in [0.717, 1.165) is 25.8 Å². The van der Waals surface area contributed by atoms with Gasteiger partial charge in [-0.3, -0.25) is 0 Å². The molecule has 1 N–H and O–H groups in total. The van der Waals surface area contributed by atoms with Crippen molar-refractivity contribution in [2.24, 2.45) is 0 Å². The third-order valence-electron chi connectivity index (χ3n) is 7.33. The van der Waals surface area contributed by atoms with Crippen molar-refractivity contribution in [2.45, 2.75) is 141 Å². The predicted molar refractivity (Wildman–Crippen MR) is 142 cm³/mol. The highest BCUT2D eigenvalue weighted by atomic mass is 28.4.